The molecule has 5 aromatic carbocycles. The second kappa shape index (κ2) is 33.8. The summed E-state index contributed by atoms with van der Waals surface area (Å²) in [5, 5.41) is 74.8. The molecule has 8 rings (SSSR count). The molecule has 9 atom stereocenters. The summed E-state index contributed by atoms with van der Waals surface area (Å²) in [6, 6.07) is 20.9. The molecule has 0 aromatic heterocycles. The highest BCUT2D eigenvalue weighted by atomic mass is 16.7. The Bertz CT molecular complexity index is 3790. The number of Topliss-reactive ketones (excluding diaryl/α,β-unsaturated/α-hetero) is 1. The number of fused-ring (bicyclic) bond motifs is 3. The summed E-state index contributed by atoms with van der Waals surface area (Å²) in [6.07, 6.45) is -6.63. The summed E-state index contributed by atoms with van der Waals surface area (Å²) in [4.78, 5) is 133. The molecule has 1 fully saturated rings. The normalized spacial score (nSPS) is 19.1. The standard InChI is InChI=1S/C69H77N7O22/c1-6-28-93-65(87)70-27-12-11-17-46(74-64(86)48(30-39-14-9-8-10-15-39)75-62(84)37(3)71-66(88)94-29-7-2)63(85)72-42-23-19-40(20-24-42)35-95-67(89)73-43-25-21-41(22-26-43)36-96-68(90)76-47-31-52(97-38(4)57(47)79)98-50-33-69(91,51(78)34-77)32-45-54(50)61(83)56-55(59(45)81)58(80)44-16-13-18-49(92-5)53(44)60(56)82/h6-10,13-16,18-26,37-38,46-48,50,52,57,77,79,81,83,91H,1-2,11-12,17,27-36H2,3-5H3,(H,70,87)(H,71,88)(H,72,85)(H,73,89)(H,74,86)(H,75,84)(H,76,90)/t37-,38+,46+,47+,48+,50+,52+,57-,69+/m1/s1. The van der Waals surface area contributed by atoms with Gasteiger partial charge in [0.25, 0.3) is 0 Å². The molecule has 12 N–H and O–H groups in total. The van der Waals surface area contributed by atoms with Gasteiger partial charge in [-0.15, -0.1) is 0 Å². The number of hydrogen-bond donors (Lipinski definition) is 12. The van der Waals surface area contributed by atoms with Crippen molar-refractivity contribution in [1.82, 2.24) is 26.6 Å². The van der Waals surface area contributed by atoms with Crippen molar-refractivity contribution in [3.05, 3.63) is 172 Å². The number of phenols is 2. The van der Waals surface area contributed by atoms with E-state index in [1.165, 1.54) is 63.4 Å². The minimum atomic E-state index is -2.42. The van der Waals surface area contributed by atoms with Gasteiger partial charge in [-0.2, -0.15) is 0 Å². The van der Waals surface area contributed by atoms with Gasteiger partial charge in [-0.1, -0.05) is 92.0 Å². The highest BCUT2D eigenvalue weighted by molar-refractivity contribution is 6.31. The monoisotopic (exact) mass is 1360 g/mol. The molecule has 1 heterocycles. The van der Waals surface area contributed by atoms with Gasteiger partial charge >= 0.3 is 24.4 Å². The van der Waals surface area contributed by atoms with E-state index in [4.69, 9.17) is 33.2 Å². The summed E-state index contributed by atoms with van der Waals surface area (Å²) in [6.45, 7) is 8.37. The molecule has 29 heteroatoms. The maximum Gasteiger partial charge on any atom is 0.411 e. The molecular formula is C69H77N7O22. The van der Waals surface area contributed by atoms with E-state index in [9.17, 15) is 73.5 Å². The molecule has 2 aliphatic carbocycles. The minimum absolute atomic E-state index is 0.0115. The molecule has 0 bridgehead atoms. The van der Waals surface area contributed by atoms with Gasteiger partial charge in [0.15, 0.2) is 17.9 Å². The first-order valence-corrected chi connectivity index (χ1v) is 31.2. The summed E-state index contributed by atoms with van der Waals surface area (Å²) >= 11 is 0. The van der Waals surface area contributed by atoms with E-state index >= 15 is 0 Å². The smallest absolute Gasteiger partial charge is 0.411 e. The van der Waals surface area contributed by atoms with Crippen LogP contribution in [0.15, 0.2) is 122 Å². The van der Waals surface area contributed by atoms with E-state index in [1.54, 1.807) is 66.7 Å². The number of rotatable bonds is 29. The number of ether oxygens (including phenoxy) is 7. The Morgan fingerprint density at radius 2 is 1.31 bits per heavy atom. The molecule has 1 saturated heterocycles. The molecule has 5 aromatic rings. The number of aliphatic hydroxyl groups is 3. The van der Waals surface area contributed by atoms with Crippen LogP contribution in [0.4, 0.5) is 30.6 Å². The molecule has 29 nitrogen and oxygen atoms in total. The lowest BCUT2D eigenvalue weighted by Crippen LogP contribution is -2.56. The number of methoxy groups -OCH3 is 1. The van der Waals surface area contributed by atoms with Gasteiger partial charge < -0.3 is 90.6 Å². The van der Waals surface area contributed by atoms with Crippen LogP contribution in [0.1, 0.15) is 112 Å². The van der Waals surface area contributed by atoms with Gasteiger partial charge in [0.2, 0.25) is 23.5 Å². The van der Waals surface area contributed by atoms with Crippen molar-refractivity contribution in [2.24, 2.45) is 0 Å². The second-order valence-corrected chi connectivity index (χ2v) is 23.3. The Balaban J connectivity index is 0.835. The Labute approximate surface area is 562 Å². The molecule has 7 amide bonds. The van der Waals surface area contributed by atoms with Crippen LogP contribution in [0.25, 0.3) is 0 Å². The molecule has 1 aliphatic heterocycles. The zero-order chi connectivity index (χ0) is 70.8. The van der Waals surface area contributed by atoms with Gasteiger partial charge in [-0.05, 0) is 80.1 Å². The first-order chi connectivity index (χ1) is 46.9. The summed E-state index contributed by atoms with van der Waals surface area (Å²) < 4.78 is 38.3. The fourth-order valence-corrected chi connectivity index (χ4v) is 11.3. The number of carbonyl (C=O) groups is 10. The van der Waals surface area contributed by atoms with Crippen molar-refractivity contribution in [2.75, 3.05) is 44.1 Å². The molecule has 0 radical (unpaired) electrons. The van der Waals surface area contributed by atoms with Crippen molar-refractivity contribution in [3.63, 3.8) is 0 Å². The quantitative estimate of drug-likeness (QED) is 0.0123. The summed E-state index contributed by atoms with van der Waals surface area (Å²) in [5.41, 5.74) is -2.11. The number of hydrogen-bond acceptors (Lipinski definition) is 22. The van der Waals surface area contributed by atoms with Crippen molar-refractivity contribution < 1.29 is 107 Å². The lowest BCUT2D eigenvalue weighted by molar-refractivity contribution is -0.249. The average molecular weight is 1360 g/mol. The van der Waals surface area contributed by atoms with E-state index in [1.807, 2.05) is 0 Å². The van der Waals surface area contributed by atoms with Gasteiger partial charge in [0.05, 0.1) is 42.0 Å². The third kappa shape index (κ3) is 18.4. The van der Waals surface area contributed by atoms with Crippen LogP contribution in [-0.4, -0.2) is 167 Å². The van der Waals surface area contributed by atoms with Crippen molar-refractivity contribution in [1.29, 1.82) is 0 Å². The highest BCUT2D eigenvalue weighted by Crippen LogP contribution is 2.52. The van der Waals surface area contributed by atoms with E-state index in [-0.39, 0.29) is 80.2 Å². The fraction of sp³-hybridized carbons (Fsp3) is 0.362. The van der Waals surface area contributed by atoms with Gasteiger partial charge in [0.1, 0.15) is 80.1 Å². The van der Waals surface area contributed by atoms with Crippen LogP contribution in [-0.2, 0) is 73.7 Å². The number of aliphatic hydroxyl groups excluding tert-OH is 2. The van der Waals surface area contributed by atoms with Crippen LogP contribution in [0.2, 0.25) is 0 Å². The van der Waals surface area contributed by atoms with E-state index < -0.39 is 156 Å². The number of phenolic OH excluding ortho intramolecular Hbond substituents is 2. The molecule has 0 unspecified atom stereocenters. The van der Waals surface area contributed by atoms with Crippen LogP contribution in [0.5, 0.6) is 17.2 Å². The zero-order valence-electron chi connectivity index (χ0n) is 53.8. The summed E-state index contributed by atoms with van der Waals surface area (Å²) in [7, 11) is 1.28. The molecule has 0 saturated carbocycles. The van der Waals surface area contributed by atoms with Crippen molar-refractivity contribution in [3.8, 4) is 17.2 Å². The molecule has 0 spiro atoms. The van der Waals surface area contributed by atoms with Gasteiger partial charge in [0, 0.05) is 60.3 Å². The minimum Gasteiger partial charge on any atom is -0.507 e. The topological polar surface area (TPSA) is 421 Å². The lowest BCUT2D eigenvalue weighted by Gasteiger charge is -2.42. The third-order valence-electron chi connectivity index (χ3n) is 16.4. The number of ketones is 3. The largest absolute Gasteiger partial charge is 0.507 e. The number of amides is 7. The molecule has 520 valence electrons. The van der Waals surface area contributed by atoms with Gasteiger partial charge in [-0.25, -0.2) is 19.2 Å². The first kappa shape index (κ1) is 73.1. The number of alkyl carbamates (subject to hydrolysis) is 3. The lowest BCUT2D eigenvalue weighted by atomic mass is 9.72. The fourth-order valence-electron chi connectivity index (χ4n) is 11.3. The van der Waals surface area contributed by atoms with E-state index in [0.717, 1.165) is 0 Å². The maximum absolute atomic E-state index is 14.1. The SMILES string of the molecule is C=CCOC(=O)NCCCC[C@H](NC(=O)[C@H](Cc1ccccc1)NC(=O)[C@@H](C)NC(=O)OCC=C)C(=O)Nc1ccc(COC(=O)Nc2ccc(COC(=O)N[C@H]3C[C@H](O[C@H]4C[C@](O)(C(=O)CO)Cc5c(O)c6c(c(O)c54)C(=O)c4c(OC)cccc4C6=O)O[C@@H](C)[C@H]3O)cc2)cc1. The third-order valence-corrected chi connectivity index (χ3v) is 16.4. The molecular weight excluding hydrogens is 1280 g/mol. The first-order valence-electron chi connectivity index (χ1n) is 31.2. The number of benzene rings is 5. The molecule has 98 heavy (non-hydrogen) atoms. The van der Waals surface area contributed by atoms with Crippen molar-refractivity contribution >= 4 is 70.8 Å². The predicted molar refractivity (Wildman–Crippen MR) is 348 cm³/mol. The van der Waals surface area contributed by atoms with Crippen LogP contribution >= 0.6 is 0 Å². The second-order valence-electron chi connectivity index (χ2n) is 23.3. The predicted octanol–water partition coefficient (Wildman–Crippen LogP) is 5.25. The van der Waals surface area contributed by atoms with E-state index in [2.05, 4.69) is 50.4 Å². The highest BCUT2D eigenvalue weighted by Gasteiger charge is 2.51. The summed E-state index contributed by atoms with van der Waals surface area (Å²) in [5.74, 6) is -6.38. The number of carbonyl (C=O) groups excluding carboxylic acids is 10. The van der Waals surface area contributed by atoms with E-state index in [0.29, 0.717) is 40.9 Å². The number of nitrogens with one attached hydrogen (secondary N) is 7. The Morgan fingerprint density at radius 3 is 1.95 bits per heavy atom. The number of anilines is 2. The zero-order valence-corrected chi connectivity index (χ0v) is 53.8. The Morgan fingerprint density at radius 1 is 0.684 bits per heavy atom. The number of unbranched alkanes of at least 4 members (excludes halogenated alkanes) is 1. The Hall–Kier alpha value is -10.7. The van der Waals surface area contributed by atoms with Crippen molar-refractivity contribution in [2.45, 2.75) is 126 Å². The van der Waals surface area contributed by atoms with Crippen LogP contribution in [0.3, 0.4) is 0 Å². The van der Waals surface area contributed by atoms with Crippen LogP contribution < -0.4 is 42.0 Å². The Kier molecular flexibility index (Phi) is 25.2. The van der Waals surface area contributed by atoms with Crippen LogP contribution in [0, 0.1) is 0 Å². The van der Waals surface area contributed by atoms with Gasteiger partial charge in [-0.3, -0.25) is 34.1 Å². The molecule has 3 aliphatic rings. The number of aromatic hydroxyl groups is 2. The average Bonchev–Trinajstić information content (AvgIpc) is 0.712. The maximum atomic E-state index is 14.1.